The van der Waals surface area contributed by atoms with Gasteiger partial charge in [-0.1, -0.05) is 35.5 Å². The maximum absolute atomic E-state index is 12.0. The van der Waals surface area contributed by atoms with Gasteiger partial charge in [0.1, 0.15) is 12.4 Å². The zero-order valence-corrected chi connectivity index (χ0v) is 13.3. The molecule has 0 radical (unpaired) electrons. The first kappa shape index (κ1) is 15.7. The van der Waals surface area contributed by atoms with E-state index in [-0.39, 0.29) is 5.95 Å². The Morgan fingerprint density at radius 2 is 2.12 bits per heavy atom. The molecule has 24 heavy (non-hydrogen) atoms. The van der Waals surface area contributed by atoms with Crippen LogP contribution in [-0.4, -0.2) is 30.9 Å². The number of hydrogen-bond acceptors (Lipinski definition) is 6. The van der Waals surface area contributed by atoms with Gasteiger partial charge in [-0.25, -0.2) is 14.5 Å². The van der Waals surface area contributed by atoms with Crippen LogP contribution < -0.4 is 10.6 Å². The molecular weight excluding hydrogens is 310 g/mol. The maximum Gasteiger partial charge on any atom is 0.322 e. The summed E-state index contributed by atoms with van der Waals surface area (Å²) in [5, 5.41) is 13.2. The number of rotatable bonds is 5. The molecular formula is C15H17N7O2. The molecule has 2 N–H and O–H groups in total. The summed E-state index contributed by atoms with van der Waals surface area (Å²) in [6.07, 6.45) is 1.56. The fraction of sp³-hybridized carbons (Fsp3) is 0.267. The highest BCUT2D eigenvalue weighted by atomic mass is 16.5. The Kier molecular flexibility index (Phi) is 4.50. The van der Waals surface area contributed by atoms with Crippen molar-refractivity contribution in [2.24, 2.45) is 0 Å². The van der Waals surface area contributed by atoms with Crippen LogP contribution in [0.3, 0.4) is 0 Å². The Balaban J connectivity index is 1.55. The molecule has 1 aromatic carbocycles. The summed E-state index contributed by atoms with van der Waals surface area (Å²) in [4.78, 5) is 20.1. The van der Waals surface area contributed by atoms with Crippen molar-refractivity contribution in [1.29, 1.82) is 0 Å². The molecule has 2 amide bonds. The lowest BCUT2D eigenvalue weighted by Gasteiger charge is -2.09. The van der Waals surface area contributed by atoms with E-state index in [9.17, 15) is 4.79 Å². The molecule has 1 atom stereocenters. The summed E-state index contributed by atoms with van der Waals surface area (Å²) in [5.74, 6) is 1.07. The first-order chi connectivity index (χ1) is 11.6. The Morgan fingerprint density at radius 1 is 1.33 bits per heavy atom. The Morgan fingerprint density at radius 3 is 2.83 bits per heavy atom. The predicted octanol–water partition coefficient (Wildman–Crippen LogP) is 1.90. The van der Waals surface area contributed by atoms with Crippen molar-refractivity contribution in [2.45, 2.75) is 26.4 Å². The van der Waals surface area contributed by atoms with Gasteiger partial charge < -0.3 is 9.84 Å². The van der Waals surface area contributed by atoms with E-state index in [1.54, 1.807) is 24.9 Å². The van der Waals surface area contributed by atoms with Crippen LogP contribution >= 0.6 is 0 Å². The Bertz CT molecular complexity index is 812. The van der Waals surface area contributed by atoms with E-state index in [1.165, 1.54) is 0 Å². The number of carbonyl (C=O) groups excluding carboxylic acids is 1. The van der Waals surface area contributed by atoms with Crippen molar-refractivity contribution in [3.8, 4) is 0 Å². The third kappa shape index (κ3) is 3.94. The van der Waals surface area contributed by atoms with Crippen molar-refractivity contribution >= 4 is 12.0 Å². The molecule has 2 heterocycles. The van der Waals surface area contributed by atoms with Crippen LogP contribution in [0.5, 0.6) is 0 Å². The highest BCUT2D eigenvalue weighted by Gasteiger charge is 2.16. The molecule has 0 aliphatic heterocycles. The zero-order valence-electron chi connectivity index (χ0n) is 13.3. The lowest BCUT2D eigenvalue weighted by molar-refractivity contribution is 0.245. The minimum atomic E-state index is -0.448. The van der Waals surface area contributed by atoms with E-state index in [2.05, 4.69) is 30.9 Å². The molecule has 0 unspecified atom stereocenters. The number of aryl methyl sites for hydroxylation is 1. The quantitative estimate of drug-likeness (QED) is 0.740. The number of amides is 2. The number of anilines is 1. The van der Waals surface area contributed by atoms with Crippen LogP contribution in [0, 0.1) is 6.92 Å². The lowest BCUT2D eigenvalue weighted by atomic mass is 10.2. The van der Waals surface area contributed by atoms with Gasteiger partial charge in [0.25, 0.3) is 0 Å². The molecule has 0 spiro atoms. The SMILES string of the molecule is Cc1noc([C@H](C)NC(=O)Nc2ncn(Cc3ccccc3)n2)n1. The van der Waals surface area contributed by atoms with E-state index in [0.29, 0.717) is 18.3 Å². The normalized spacial score (nSPS) is 11.9. The number of carbonyl (C=O) groups is 1. The molecule has 124 valence electrons. The van der Waals surface area contributed by atoms with Gasteiger partial charge in [-0.05, 0) is 19.4 Å². The van der Waals surface area contributed by atoms with Gasteiger partial charge in [0.2, 0.25) is 11.8 Å². The average Bonchev–Trinajstić information content (AvgIpc) is 3.17. The van der Waals surface area contributed by atoms with Crippen molar-refractivity contribution < 1.29 is 9.32 Å². The predicted molar refractivity (Wildman–Crippen MR) is 85.2 cm³/mol. The molecule has 3 aromatic rings. The number of nitrogens with zero attached hydrogens (tertiary/aromatic N) is 5. The average molecular weight is 327 g/mol. The van der Waals surface area contributed by atoms with Crippen molar-refractivity contribution in [3.05, 3.63) is 53.9 Å². The first-order valence-corrected chi connectivity index (χ1v) is 7.41. The van der Waals surface area contributed by atoms with Crippen LogP contribution in [-0.2, 0) is 6.54 Å². The highest BCUT2D eigenvalue weighted by Crippen LogP contribution is 2.09. The summed E-state index contributed by atoms with van der Waals surface area (Å²) in [7, 11) is 0. The minimum absolute atomic E-state index is 0.220. The van der Waals surface area contributed by atoms with Crippen LogP contribution in [0.2, 0.25) is 0 Å². The largest absolute Gasteiger partial charge is 0.337 e. The molecule has 0 aliphatic rings. The third-order valence-corrected chi connectivity index (χ3v) is 3.21. The molecule has 3 rings (SSSR count). The monoisotopic (exact) mass is 327 g/mol. The van der Waals surface area contributed by atoms with Crippen LogP contribution in [0.15, 0.2) is 41.2 Å². The van der Waals surface area contributed by atoms with Crippen LogP contribution in [0.25, 0.3) is 0 Å². The van der Waals surface area contributed by atoms with Gasteiger partial charge in [0.05, 0.1) is 6.54 Å². The second kappa shape index (κ2) is 6.90. The van der Waals surface area contributed by atoms with E-state index in [4.69, 9.17) is 4.52 Å². The van der Waals surface area contributed by atoms with Gasteiger partial charge in [0.15, 0.2) is 5.82 Å². The number of aromatic nitrogens is 5. The number of urea groups is 1. The molecule has 9 heteroatoms. The van der Waals surface area contributed by atoms with Gasteiger partial charge in [-0.3, -0.25) is 5.32 Å². The second-order valence-corrected chi connectivity index (χ2v) is 5.25. The minimum Gasteiger partial charge on any atom is -0.337 e. The summed E-state index contributed by atoms with van der Waals surface area (Å²) in [6, 6.07) is 8.99. The van der Waals surface area contributed by atoms with Crippen LogP contribution in [0.4, 0.5) is 10.7 Å². The molecule has 0 bridgehead atoms. The van der Waals surface area contributed by atoms with Crippen molar-refractivity contribution in [1.82, 2.24) is 30.2 Å². The van der Waals surface area contributed by atoms with Crippen molar-refractivity contribution in [2.75, 3.05) is 5.32 Å². The summed E-state index contributed by atoms with van der Waals surface area (Å²) in [6.45, 7) is 4.03. The lowest BCUT2D eigenvalue weighted by Crippen LogP contribution is -2.31. The number of benzene rings is 1. The van der Waals surface area contributed by atoms with E-state index >= 15 is 0 Å². The molecule has 0 fully saturated rings. The second-order valence-electron chi connectivity index (χ2n) is 5.25. The fourth-order valence-corrected chi connectivity index (χ4v) is 2.08. The summed E-state index contributed by atoms with van der Waals surface area (Å²) in [5.41, 5.74) is 1.10. The van der Waals surface area contributed by atoms with Gasteiger partial charge >= 0.3 is 6.03 Å². The number of nitrogens with one attached hydrogen (secondary N) is 2. The molecule has 9 nitrogen and oxygen atoms in total. The Labute approximate surface area is 138 Å². The van der Waals surface area contributed by atoms with Gasteiger partial charge in [-0.15, -0.1) is 5.10 Å². The Hall–Kier alpha value is -3.23. The van der Waals surface area contributed by atoms with Crippen molar-refractivity contribution in [3.63, 3.8) is 0 Å². The zero-order chi connectivity index (χ0) is 16.9. The molecule has 0 aliphatic carbocycles. The topological polar surface area (TPSA) is 111 Å². The maximum atomic E-state index is 12.0. The molecule has 0 saturated heterocycles. The first-order valence-electron chi connectivity index (χ1n) is 7.41. The summed E-state index contributed by atoms with van der Waals surface area (Å²) >= 11 is 0. The smallest absolute Gasteiger partial charge is 0.322 e. The molecule has 0 saturated carbocycles. The number of hydrogen-bond donors (Lipinski definition) is 2. The van der Waals surface area contributed by atoms with E-state index in [1.807, 2.05) is 30.3 Å². The van der Waals surface area contributed by atoms with Gasteiger partial charge in [-0.2, -0.15) is 4.98 Å². The standard InChI is InChI=1S/C15H17N7O2/c1-10(13-18-11(2)21-24-13)17-15(23)19-14-16-9-22(20-14)8-12-6-4-3-5-7-12/h3-7,9-10H,8H2,1-2H3,(H2,17,19,20,23)/t10-/m0/s1. The third-order valence-electron chi connectivity index (χ3n) is 3.21. The van der Waals surface area contributed by atoms with E-state index in [0.717, 1.165) is 5.56 Å². The highest BCUT2D eigenvalue weighted by molar-refractivity contribution is 5.87. The van der Waals surface area contributed by atoms with E-state index < -0.39 is 12.1 Å². The molecule has 2 aromatic heterocycles. The summed E-state index contributed by atoms with van der Waals surface area (Å²) < 4.78 is 6.66. The van der Waals surface area contributed by atoms with Gasteiger partial charge in [0, 0.05) is 0 Å². The van der Waals surface area contributed by atoms with Crippen LogP contribution in [0.1, 0.15) is 30.2 Å². The fourth-order valence-electron chi connectivity index (χ4n) is 2.08.